The lowest BCUT2D eigenvalue weighted by Gasteiger charge is -2.02. The summed E-state index contributed by atoms with van der Waals surface area (Å²) >= 11 is 1.78. The lowest BCUT2D eigenvalue weighted by atomic mass is 10.1. The van der Waals surface area contributed by atoms with Crippen LogP contribution in [-0.2, 0) is 0 Å². The molecular formula is C25H15NOS. The average molecular weight is 377 g/mol. The lowest BCUT2D eigenvalue weighted by Crippen LogP contribution is -1.83. The molecule has 0 amide bonds. The third kappa shape index (κ3) is 2.37. The van der Waals surface area contributed by atoms with Crippen molar-refractivity contribution in [3.05, 3.63) is 91.0 Å². The highest BCUT2D eigenvalue weighted by Gasteiger charge is 2.14. The van der Waals surface area contributed by atoms with Gasteiger partial charge in [-0.3, -0.25) is 0 Å². The Morgan fingerprint density at radius 3 is 2.46 bits per heavy atom. The summed E-state index contributed by atoms with van der Waals surface area (Å²) < 4.78 is 7.38. The standard InChI is InChI=1S/C25H15NOS/c1-2-7-16(8-3-1)24-15-21-23(28-24)14-13-20(26-21)19-11-6-10-18-17-9-4-5-12-22(17)27-25(18)19/h1-15H. The number of aromatic nitrogens is 1. The minimum Gasteiger partial charge on any atom is -0.455 e. The third-order valence-corrected chi connectivity index (χ3v) is 6.25. The molecule has 6 aromatic rings. The average Bonchev–Trinajstić information content (AvgIpc) is 3.35. The number of hydrogen-bond acceptors (Lipinski definition) is 3. The number of thiophene rings is 1. The molecule has 2 nitrogen and oxygen atoms in total. The number of nitrogens with zero attached hydrogens (tertiary/aromatic N) is 1. The van der Waals surface area contributed by atoms with Crippen LogP contribution in [0.5, 0.6) is 0 Å². The zero-order chi connectivity index (χ0) is 18.5. The molecule has 0 saturated heterocycles. The molecule has 0 fully saturated rings. The van der Waals surface area contributed by atoms with E-state index in [4.69, 9.17) is 9.40 Å². The number of rotatable bonds is 2. The minimum absolute atomic E-state index is 0.897. The molecule has 28 heavy (non-hydrogen) atoms. The van der Waals surface area contributed by atoms with Gasteiger partial charge in [0.2, 0.25) is 0 Å². The van der Waals surface area contributed by atoms with E-state index in [-0.39, 0.29) is 0 Å². The number of benzene rings is 3. The molecule has 0 unspecified atom stereocenters. The summed E-state index contributed by atoms with van der Waals surface area (Å²) in [5.74, 6) is 0. The van der Waals surface area contributed by atoms with E-state index in [0.717, 1.165) is 38.7 Å². The lowest BCUT2D eigenvalue weighted by molar-refractivity contribution is 0.670. The van der Waals surface area contributed by atoms with Crippen molar-refractivity contribution < 1.29 is 4.42 Å². The summed E-state index contributed by atoms with van der Waals surface area (Å²) in [6, 6.07) is 31.3. The zero-order valence-corrected chi connectivity index (χ0v) is 15.7. The van der Waals surface area contributed by atoms with Crippen LogP contribution in [0, 0.1) is 0 Å². The van der Waals surface area contributed by atoms with Crippen molar-refractivity contribution in [1.29, 1.82) is 0 Å². The number of hydrogen-bond donors (Lipinski definition) is 0. The molecule has 0 N–H and O–H groups in total. The normalized spacial score (nSPS) is 11.6. The quantitative estimate of drug-likeness (QED) is 0.312. The highest BCUT2D eigenvalue weighted by atomic mass is 32.1. The Bertz CT molecular complexity index is 1460. The van der Waals surface area contributed by atoms with Gasteiger partial charge >= 0.3 is 0 Å². The monoisotopic (exact) mass is 377 g/mol. The SMILES string of the molecule is c1ccc(-c2cc3nc(-c4cccc5c4oc4ccccc45)ccc3s2)cc1. The maximum absolute atomic E-state index is 6.19. The molecule has 6 rings (SSSR count). The van der Waals surface area contributed by atoms with E-state index in [0.29, 0.717) is 0 Å². The fraction of sp³-hybridized carbons (Fsp3) is 0. The zero-order valence-electron chi connectivity index (χ0n) is 14.9. The van der Waals surface area contributed by atoms with Gasteiger partial charge in [-0.25, -0.2) is 4.98 Å². The fourth-order valence-electron chi connectivity index (χ4n) is 3.77. The van der Waals surface area contributed by atoms with Crippen LogP contribution in [0.15, 0.2) is 95.4 Å². The summed E-state index contributed by atoms with van der Waals surface area (Å²) in [6.45, 7) is 0. The van der Waals surface area contributed by atoms with Gasteiger partial charge in [-0.1, -0.05) is 60.7 Å². The summed E-state index contributed by atoms with van der Waals surface area (Å²) in [4.78, 5) is 6.20. The second kappa shape index (κ2) is 6.04. The Labute approximate surface area is 165 Å². The Morgan fingerprint density at radius 2 is 1.54 bits per heavy atom. The van der Waals surface area contributed by atoms with Crippen molar-refractivity contribution in [2.75, 3.05) is 0 Å². The molecule has 0 radical (unpaired) electrons. The van der Waals surface area contributed by atoms with Crippen molar-refractivity contribution in [2.45, 2.75) is 0 Å². The first-order valence-electron chi connectivity index (χ1n) is 9.23. The Hall–Kier alpha value is -3.43. The van der Waals surface area contributed by atoms with E-state index in [9.17, 15) is 0 Å². The van der Waals surface area contributed by atoms with Gasteiger partial charge in [0.25, 0.3) is 0 Å². The Balaban J connectivity index is 1.55. The van der Waals surface area contributed by atoms with E-state index in [1.807, 2.05) is 24.3 Å². The van der Waals surface area contributed by atoms with Gasteiger partial charge in [0.05, 0.1) is 15.9 Å². The van der Waals surface area contributed by atoms with E-state index in [1.165, 1.54) is 15.1 Å². The van der Waals surface area contributed by atoms with Crippen molar-refractivity contribution in [1.82, 2.24) is 4.98 Å². The number of pyridine rings is 1. The van der Waals surface area contributed by atoms with Crippen LogP contribution in [-0.4, -0.2) is 4.98 Å². The second-order valence-electron chi connectivity index (χ2n) is 6.84. The predicted molar refractivity (Wildman–Crippen MR) is 118 cm³/mol. The van der Waals surface area contributed by atoms with Gasteiger partial charge < -0.3 is 4.42 Å². The van der Waals surface area contributed by atoms with Gasteiger partial charge in [0.1, 0.15) is 11.2 Å². The topological polar surface area (TPSA) is 26.0 Å². The number of furan rings is 1. The van der Waals surface area contributed by atoms with Crippen LogP contribution in [0.1, 0.15) is 0 Å². The first-order valence-corrected chi connectivity index (χ1v) is 10.1. The molecule has 0 aliphatic carbocycles. The maximum Gasteiger partial charge on any atom is 0.144 e. The van der Waals surface area contributed by atoms with Crippen LogP contribution in [0.2, 0.25) is 0 Å². The summed E-state index contributed by atoms with van der Waals surface area (Å²) in [6.07, 6.45) is 0. The van der Waals surface area contributed by atoms with Gasteiger partial charge in [0, 0.05) is 21.2 Å². The smallest absolute Gasteiger partial charge is 0.144 e. The molecule has 0 bridgehead atoms. The molecule has 3 aromatic carbocycles. The minimum atomic E-state index is 0.897. The fourth-order valence-corrected chi connectivity index (χ4v) is 4.77. The van der Waals surface area contributed by atoms with E-state index in [1.54, 1.807) is 11.3 Å². The second-order valence-corrected chi connectivity index (χ2v) is 7.92. The third-order valence-electron chi connectivity index (χ3n) is 5.11. The maximum atomic E-state index is 6.19. The van der Waals surface area contributed by atoms with Gasteiger partial charge in [-0.05, 0) is 35.9 Å². The van der Waals surface area contributed by atoms with Crippen molar-refractivity contribution in [3.63, 3.8) is 0 Å². The van der Waals surface area contributed by atoms with E-state index < -0.39 is 0 Å². The predicted octanol–water partition coefficient (Wildman–Crippen LogP) is 7.53. The van der Waals surface area contributed by atoms with Crippen LogP contribution in [0.25, 0.3) is 53.9 Å². The number of para-hydroxylation sites is 2. The highest BCUT2D eigenvalue weighted by molar-refractivity contribution is 7.22. The molecular weight excluding hydrogens is 362 g/mol. The first kappa shape index (κ1) is 15.6. The van der Waals surface area contributed by atoms with Crippen molar-refractivity contribution in [2.24, 2.45) is 0 Å². The Kier molecular flexibility index (Phi) is 3.37. The molecule has 0 atom stereocenters. The summed E-state index contributed by atoms with van der Waals surface area (Å²) in [5, 5.41) is 2.27. The van der Waals surface area contributed by atoms with Crippen molar-refractivity contribution in [3.8, 4) is 21.7 Å². The van der Waals surface area contributed by atoms with Crippen LogP contribution >= 0.6 is 11.3 Å². The molecule has 132 valence electrons. The van der Waals surface area contributed by atoms with Crippen LogP contribution < -0.4 is 0 Å². The molecule has 0 aliphatic heterocycles. The molecule has 3 aromatic heterocycles. The molecule has 0 spiro atoms. The number of fused-ring (bicyclic) bond motifs is 4. The molecule has 3 heterocycles. The highest BCUT2D eigenvalue weighted by Crippen LogP contribution is 2.37. The summed E-state index contributed by atoms with van der Waals surface area (Å²) in [7, 11) is 0. The molecule has 0 saturated carbocycles. The van der Waals surface area contributed by atoms with Gasteiger partial charge in [0.15, 0.2) is 0 Å². The van der Waals surface area contributed by atoms with E-state index >= 15 is 0 Å². The van der Waals surface area contributed by atoms with E-state index in [2.05, 4.69) is 66.7 Å². The van der Waals surface area contributed by atoms with Gasteiger partial charge in [-0.15, -0.1) is 11.3 Å². The first-order chi connectivity index (χ1) is 13.9. The largest absolute Gasteiger partial charge is 0.455 e. The molecule has 3 heteroatoms. The van der Waals surface area contributed by atoms with Gasteiger partial charge in [-0.2, -0.15) is 0 Å². The Morgan fingerprint density at radius 1 is 0.714 bits per heavy atom. The van der Waals surface area contributed by atoms with Crippen LogP contribution in [0.3, 0.4) is 0 Å². The van der Waals surface area contributed by atoms with Crippen molar-refractivity contribution >= 4 is 43.5 Å². The summed E-state index contributed by atoms with van der Waals surface area (Å²) in [5.41, 5.74) is 6.03. The molecule has 0 aliphatic rings. The van der Waals surface area contributed by atoms with Crippen LogP contribution in [0.4, 0.5) is 0 Å².